The van der Waals surface area contributed by atoms with Gasteiger partial charge < -0.3 is 14.0 Å². The molecular weight excluding hydrogens is 382 g/mol. The van der Waals surface area contributed by atoms with Crippen molar-refractivity contribution in [1.82, 2.24) is 14.9 Å². The van der Waals surface area contributed by atoms with Crippen molar-refractivity contribution in [2.75, 3.05) is 14.2 Å². The molecule has 0 spiro atoms. The van der Waals surface area contributed by atoms with Gasteiger partial charge in [-0.05, 0) is 61.4 Å². The van der Waals surface area contributed by atoms with Gasteiger partial charge >= 0.3 is 0 Å². The Hall–Kier alpha value is -2.91. The van der Waals surface area contributed by atoms with Crippen LogP contribution in [0.4, 0.5) is 0 Å². The Balaban J connectivity index is 1.76. The Kier molecular flexibility index (Phi) is 5.66. The standard InChI is InChI=1S/C19H21N3O5S/c1-12-9-16(26-4)10-13(2)18(12)28(23,24)20-11-17-21-19(22-27-17)14-5-7-15(25-3)8-6-14/h5-10,20H,11H2,1-4H3. The first-order valence-corrected chi connectivity index (χ1v) is 9.94. The molecule has 9 heteroatoms. The van der Waals surface area contributed by atoms with E-state index in [9.17, 15) is 8.42 Å². The van der Waals surface area contributed by atoms with E-state index in [1.807, 2.05) is 0 Å². The molecule has 0 amide bonds. The molecule has 0 radical (unpaired) electrons. The highest BCUT2D eigenvalue weighted by Gasteiger charge is 2.21. The largest absolute Gasteiger partial charge is 0.497 e. The van der Waals surface area contributed by atoms with Gasteiger partial charge in [-0.2, -0.15) is 4.98 Å². The maximum atomic E-state index is 12.7. The number of hydrogen-bond donors (Lipinski definition) is 1. The van der Waals surface area contributed by atoms with Crippen molar-refractivity contribution in [2.45, 2.75) is 25.3 Å². The number of aromatic nitrogens is 2. The van der Waals surface area contributed by atoms with E-state index in [0.717, 1.165) is 5.56 Å². The summed E-state index contributed by atoms with van der Waals surface area (Å²) >= 11 is 0. The van der Waals surface area contributed by atoms with Gasteiger partial charge in [0.2, 0.25) is 21.7 Å². The Bertz CT molecular complexity index is 1050. The Labute approximate surface area is 163 Å². The van der Waals surface area contributed by atoms with Crippen molar-refractivity contribution >= 4 is 10.0 Å². The lowest BCUT2D eigenvalue weighted by atomic mass is 10.1. The van der Waals surface area contributed by atoms with Crippen LogP contribution in [0.5, 0.6) is 11.5 Å². The molecule has 3 aromatic rings. The number of sulfonamides is 1. The molecule has 0 aliphatic heterocycles. The van der Waals surface area contributed by atoms with Gasteiger partial charge in [-0.15, -0.1) is 0 Å². The summed E-state index contributed by atoms with van der Waals surface area (Å²) in [6, 6.07) is 10.5. The van der Waals surface area contributed by atoms with Crippen molar-refractivity contribution < 1.29 is 22.4 Å². The van der Waals surface area contributed by atoms with Crippen LogP contribution in [0.3, 0.4) is 0 Å². The molecule has 0 saturated carbocycles. The number of nitrogens with zero attached hydrogens (tertiary/aromatic N) is 2. The van der Waals surface area contributed by atoms with Crippen LogP contribution in [0.1, 0.15) is 17.0 Å². The van der Waals surface area contributed by atoms with Crippen molar-refractivity contribution in [3.05, 3.63) is 53.4 Å². The molecule has 0 aliphatic rings. The van der Waals surface area contributed by atoms with Gasteiger partial charge in [-0.3, -0.25) is 0 Å². The molecule has 1 N–H and O–H groups in total. The molecule has 0 bridgehead atoms. The number of ether oxygens (including phenoxy) is 2. The lowest BCUT2D eigenvalue weighted by Crippen LogP contribution is -2.25. The number of benzene rings is 2. The zero-order chi connectivity index (χ0) is 20.3. The molecule has 0 saturated heterocycles. The smallest absolute Gasteiger partial charge is 0.242 e. The van der Waals surface area contributed by atoms with E-state index in [-0.39, 0.29) is 17.3 Å². The van der Waals surface area contributed by atoms with Crippen LogP contribution in [0, 0.1) is 13.8 Å². The SMILES string of the molecule is COc1ccc(-c2noc(CNS(=O)(=O)c3c(C)cc(OC)cc3C)n2)cc1. The highest BCUT2D eigenvalue weighted by Crippen LogP contribution is 2.26. The second kappa shape index (κ2) is 7.99. The zero-order valence-electron chi connectivity index (χ0n) is 16.0. The van der Waals surface area contributed by atoms with E-state index in [0.29, 0.717) is 28.5 Å². The summed E-state index contributed by atoms with van der Waals surface area (Å²) in [4.78, 5) is 4.45. The average molecular weight is 403 g/mol. The Morgan fingerprint density at radius 3 is 2.18 bits per heavy atom. The molecular formula is C19H21N3O5S. The molecule has 148 valence electrons. The normalized spacial score (nSPS) is 11.4. The van der Waals surface area contributed by atoms with Gasteiger partial charge in [0.05, 0.1) is 25.7 Å². The maximum Gasteiger partial charge on any atom is 0.242 e. The summed E-state index contributed by atoms with van der Waals surface area (Å²) < 4.78 is 43.4. The maximum absolute atomic E-state index is 12.7. The molecule has 28 heavy (non-hydrogen) atoms. The molecule has 3 rings (SSSR count). The minimum Gasteiger partial charge on any atom is -0.497 e. The van der Waals surface area contributed by atoms with Crippen LogP contribution < -0.4 is 14.2 Å². The summed E-state index contributed by atoms with van der Waals surface area (Å²) in [6.07, 6.45) is 0. The molecule has 1 aromatic heterocycles. The van der Waals surface area contributed by atoms with E-state index in [4.69, 9.17) is 14.0 Å². The molecule has 1 heterocycles. The highest BCUT2D eigenvalue weighted by molar-refractivity contribution is 7.89. The molecule has 0 aliphatic carbocycles. The predicted molar refractivity (Wildman–Crippen MR) is 103 cm³/mol. The summed E-state index contributed by atoms with van der Waals surface area (Å²) in [7, 11) is -0.638. The fraction of sp³-hybridized carbons (Fsp3) is 0.263. The van der Waals surface area contributed by atoms with Crippen molar-refractivity contribution in [2.24, 2.45) is 0 Å². The minimum absolute atomic E-state index is 0.115. The van der Waals surface area contributed by atoms with Crippen LogP contribution in [-0.2, 0) is 16.6 Å². The Morgan fingerprint density at radius 1 is 1.00 bits per heavy atom. The fourth-order valence-electron chi connectivity index (χ4n) is 2.87. The first kappa shape index (κ1) is 19.8. The summed E-state index contributed by atoms with van der Waals surface area (Å²) in [5, 5.41) is 3.89. The van der Waals surface area contributed by atoms with Gasteiger partial charge in [-0.1, -0.05) is 5.16 Å². The molecule has 8 nitrogen and oxygen atoms in total. The molecule has 0 atom stereocenters. The lowest BCUT2D eigenvalue weighted by molar-refractivity contribution is 0.376. The first-order chi connectivity index (χ1) is 13.3. The molecule has 0 unspecified atom stereocenters. The number of nitrogens with one attached hydrogen (secondary N) is 1. The van der Waals surface area contributed by atoms with E-state index >= 15 is 0 Å². The summed E-state index contributed by atoms with van der Waals surface area (Å²) in [6.45, 7) is 3.33. The second-order valence-electron chi connectivity index (χ2n) is 6.16. The lowest BCUT2D eigenvalue weighted by Gasteiger charge is -2.12. The van der Waals surface area contributed by atoms with Gasteiger partial charge in [0.1, 0.15) is 11.5 Å². The summed E-state index contributed by atoms with van der Waals surface area (Å²) in [5.74, 6) is 1.85. The van der Waals surface area contributed by atoms with Gasteiger partial charge in [-0.25, -0.2) is 13.1 Å². The van der Waals surface area contributed by atoms with E-state index < -0.39 is 10.0 Å². The number of aryl methyl sites for hydroxylation is 2. The first-order valence-electron chi connectivity index (χ1n) is 8.46. The van der Waals surface area contributed by atoms with Gasteiger partial charge in [0.15, 0.2) is 0 Å². The van der Waals surface area contributed by atoms with E-state index in [1.165, 1.54) is 7.11 Å². The van der Waals surface area contributed by atoms with E-state index in [1.54, 1.807) is 57.4 Å². The summed E-state index contributed by atoms with van der Waals surface area (Å²) in [5.41, 5.74) is 1.92. The van der Waals surface area contributed by atoms with Crippen LogP contribution in [-0.4, -0.2) is 32.8 Å². The second-order valence-corrected chi connectivity index (χ2v) is 7.86. The quantitative estimate of drug-likeness (QED) is 0.647. The van der Waals surface area contributed by atoms with Crippen molar-refractivity contribution in [1.29, 1.82) is 0 Å². The van der Waals surface area contributed by atoms with Crippen LogP contribution in [0.2, 0.25) is 0 Å². The predicted octanol–water partition coefficient (Wildman–Crippen LogP) is 2.85. The Morgan fingerprint density at radius 2 is 1.61 bits per heavy atom. The van der Waals surface area contributed by atoms with Crippen LogP contribution in [0.15, 0.2) is 45.8 Å². The fourth-order valence-corrected chi connectivity index (χ4v) is 4.29. The monoisotopic (exact) mass is 403 g/mol. The molecule has 2 aromatic carbocycles. The van der Waals surface area contributed by atoms with Crippen LogP contribution in [0.25, 0.3) is 11.4 Å². The topological polar surface area (TPSA) is 104 Å². The van der Waals surface area contributed by atoms with E-state index in [2.05, 4.69) is 14.9 Å². The average Bonchev–Trinajstić information content (AvgIpc) is 3.15. The third kappa shape index (κ3) is 4.15. The van der Waals surface area contributed by atoms with Gasteiger partial charge in [0, 0.05) is 5.56 Å². The number of methoxy groups -OCH3 is 2. The number of rotatable bonds is 7. The zero-order valence-corrected chi connectivity index (χ0v) is 16.8. The third-order valence-corrected chi connectivity index (χ3v) is 5.87. The van der Waals surface area contributed by atoms with Gasteiger partial charge in [0.25, 0.3) is 0 Å². The molecule has 0 fully saturated rings. The van der Waals surface area contributed by atoms with Crippen molar-refractivity contribution in [3.63, 3.8) is 0 Å². The van der Waals surface area contributed by atoms with Crippen LogP contribution >= 0.6 is 0 Å². The van der Waals surface area contributed by atoms with Crippen molar-refractivity contribution in [3.8, 4) is 22.9 Å². The highest BCUT2D eigenvalue weighted by atomic mass is 32.2. The minimum atomic E-state index is -3.76. The number of hydrogen-bond acceptors (Lipinski definition) is 7. The third-order valence-electron chi connectivity index (χ3n) is 4.17.